The first-order chi connectivity index (χ1) is 14.5. The minimum absolute atomic E-state index is 0.425. The number of nitrogens with zero attached hydrogens (tertiary/aromatic N) is 3. The number of rotatable bonds is 6. The molecule has 0 bridgehead atoms. The standard InChI is InChI=1S/C24H30BrN5/c1-16-14-17(8-13-21(16)25)15-26-18-9-11-19(12-10-18)27-24-28-22-7-5-4-6-20(22)23(29-24)30(2)3/h4-8,13-14,18-19,26H,9-12,15H2,1-3H3,(H,27,28,29). The fraction of sp³-hybridized carbons (Fsp3) is 0.417. The van der Waals surface area contributed by atoms with Gasteiger partial charge in [0.05, 0.1) is 5.52 Å². The molecule has 2 aromatic carbocycles. The van der Waals surface area contributed by atoms with E-state index in [1.807, 2.05) is 26.2 Å². The van der Waals surface area contributed by atoms with Crippen LogP contribution in [-0.2, 0) is 6.54 Å². The summed E-state index contributed by atoms with van der Waals surface area (Å²) in [6.45, 7) is 3.07. The number of halogens is 1. The minimum Gasteiger partial charge on any atom is -0.362 e. The summed E-state index contributed by atoms with van der Waals surface area (Å²) >= 11 is 3.58. The SMILES string of the molecule is Cc1cc(CNC2CCC(Nc3nc(N(C)C)c4ccccc4n3)CC2)ccc1Br. The number of hydrogen-bond donors (Lipinski definition) is 2. The number of hydrogen-bond acceptors (Lipinski definition) is 5. The molecule has 0 atom stereocenters. The van der Waals surface area contributed by atoms with E-state index in [0.29, 0.717) is 12.1 Å². The molecular formula is C24H30BrN5. The van der Waals surface area contributed by atoms with Crippen molar-refractivity contribution in [2.75, 3.05) is 24.3 Å². The summed E-state index contributed by atoms with van der Waals surface area (Å²) in [5.41, 5.74) is 3.62. The highest BCUT2D eigenvalue weighted by atomic mass is 79.9. The molecule has 6 heteroatoms. The highest BCUT2D eigenvalue weighted by Crippen LogP contribution is 2.26. The van der Waals surface area contributed by atoms with Crippen LogP contribution in [-0.4, -0.2) is 36.1 Å². The van der Waals surface area contributed by atoms with E-state index >= 15 is 0 Å². The van der Waals surface area contributed by atoms with E-state index < -0.39 is 0 Å². The number of aromatic nitrogens is 2. The van der Waals surface area contributed by atoms with Crippen LogP contribution in [0.1, 0.15) is 36.8 Å². The van der Waals surface area contributed by atoms with Crippen LogP contribution in [0.4, 0.5) is 11.8 Å². The molecule has 5 nitrogen and oxygen atoms in total. The first kappa shape index (κ1) is 21.1. The van der Waals surface area contributed by atoms with Crippen molar-refractivity contribution in [1.82, 2.24) is 15.3 Å². The summed E-state index contributed by atoms with van der Waals surface area (Å²) in [6, 6.07) is 15.8. The maximum Gasteiger partial charge on any atom is 0.225 e. The Morgan fingerprint density at radius 2 is 1.73 bits per heavy atom. The average molecular weight is 468 g/mol. The summed E-state index contributed by atoms with van der Waals surface area (Å²) in [5.74, 6) is 1.70. The molecule has 0 saturated heterocycles. The first-order valence-electron chi connectivity index (χ1n) is 10.7. The van der Waals surface area contributed by atoms with Crippen LogP contribution in [0.2, 0.25) is 0 Å². The molecule has 1 heterocycles. The van der Waals surface area contributed by atoms with E-state index in [4.69, 9.17) is 9.97 Å². The van der Waals surface area contributed by atoms with E-state index in [-0.39, 0.29) is 0 Å². The van der Waals surface area contributed by atoms with Gasteiger partial charge in [-0.15, -0.1) is 0 Å². The lowest BCUT2D eigenvalue weighted by Crippen LogP contribution is -2.37. The number of fused-ring (bicyclic) bond motifs is 1. The zero-order valence-corrected chi connectivity index (χ0v) is 19.5. The molecule has 1 aliphatic rings. The molecule has 1 saturated carbocycles. The lowest BCUT2D eigenvalue weighted by atomic mass is 9.91. The van der Waals surface area contributed by atoms with E-state index in [9.17, 15) is 0 Å². The van der Waals surface area contributed by atoms with E-state index in [0.717, 1.165) is 42.1 Å². The fourth-order valence-corrected chi connectivity index (χ4v) is 4.42. The fourth-order valence-electron chi connectivity index (χ4n) is 4.17. The number of nitrogens with one attached hydrogen (secondary N) is 2. The van der Waals surface area contributed by atoms with Gasteiger partial charge in [0, 0.05) is 42.6 Å². The lowest BCUT2D eigenvalue weighted by molar-refractivity contribution is 0.352. The van der Waals surface area contributed by atoms with Crippen molar-refractivity contribution >= 4 is 38.6 Å². The summed E-state index contributed by atoms with van der Waals surface area (Å²) in [5, 5.41) is 8.42. The van der Waals surface area contributed by atoms with Gasteiger partial charge in [0.2, 0.25) is 5.95 Å². The molecule has 2 N–H and O–H groups in total. The van der Waals surface area contributed by atoms with Gasteiger partial charge >= 0.3 is 0 Å². The summed E-state index contributed by atoms with van der Waals surface area (Å²) in [6.07, 6.45) is 4.59. The van der Waals surface area contributed by atoms with Crippen molar-refractivity contribution in [2.45, 2.75) is 51.2 Å². The van der Waals surface area contributed by atoms with Crippen LogP contribution in [0.25, 0.3) is 10.9 Å². The Morgan fingerprint density at radius 3 is 2.47 bits per heavy atom. The smallest absolute Gasteiger partial charge is 0.225 e. The summed E-state index contributed by atoms with van der Waals surface area (Å²) in [4.78, 5) is 11.6. The maximum absolute atomic E-state index is 4.79. The normalized spacial score (nSPS) is 19.1. The molecule has 1 aromatic heterocycles. The second-order valence-electron chi connectivity index (χ2n) is 8.44. The largest absolute Gasteiger partial charge is 0.362 e. The average Bonchev–Trinajstić information content (AvgIpc) is 2.75. The van der Waals surface area contributed by atoms with Gasteiger partial charge in [-0.3, -0.25) is 0 Å². The van der Waals surface area contributed by atoms with Crippen LogP contribution in [0.15, 0.2) is 46.9 Å². The Labute approximate surface area is 187 Å². The molecule has 4 rings (SSSR count). The van der Waals surface area contributed by atoms with Crippen molar-refractivity contribution in [3.63, 3.8) is 0 Å². The van der Waals surface area contributed by atoms with Gasteiger partial charge in [-0.05, 0) is 61.9 Å². The topological polar surface area (TPSA) is 53.1 Å². The third-order valence-corrected chi connectivity index (χ3v) is 6.77. The lowest BCUT2D eigenvalue weighted by Gasteiger charge is -2.30. The first-order valence-corrected chi connectivity index (χ1v) is 11.5. The Bertz CT molecular complexity index is 1010. The molecule has 158 valence electrons. The van der Waals surface area contributed by atoms with Crippen LogP contribution in [0.3, 0.4) is 0 Å². The molecule has 0 radical (unpaired) electrons. The van der Waals surface area contributed by atoms with Crippen molar-refractivity contribution < 1.29 is 0 Å². The molecular weight excluding hydrogens is 438 g/mol. The van der Waals surface area contributed by atoms with Gasteiger partial charge in [0.25, 0.3) is 0 Å². The molecule has 0 unspecified atom stereocenters. The Balaban J connectivity index is 1.34. The Kier molecular flexibility index (Phi) is 6.54. The van der Waals surface area contributed by atoms with Crippen molar-refractivity contribution in [2.24, 2.45) is 0 Å². The number of para-hydroxylation sites is 1. The van der Waals surface area contributed by atoms with Crippen molar-refractivity contribution in [3.05, 3.63) is 58.1 Å². The van der Waals surface area contributed by atoms with Gasteiger partial charge < -0.3 is 15.5 Å². The summed E-state index contributed by atoms with van der Waals surface area (Å²) < 4.78 is 1.17. The second kappa shape index (κ2) is 9.31. The zero-order chi connectivity index (χ0) is 21.1. The molecule has 0 amide bonds. The van der Waals surface area contributed by atoms with Crippen LogP contribution >= 0.6 is 15.9 Å². The van der Waals surface area contributed by atoms with Crippen molar-refractivity contribution in [3.8, 4) is 0 Å². The predicted molar refractivity (Wildman–Crippen MR) is 129 cm³/mol. The zero-order valence-electron chi connectivity index (χ0n) is 18.0. The van der Waals surface area contributed by atoms with E-state index in [2.05, 4.69) is 68.7 Å². The molecule has 1 fully saturated rings. The molecule has 30 heavy (non-hydrogen) atoms. The molecule has 1 aliphatic carbocycles. The number of aryl methyl sites for hydroxylation is 1. The molecule has 0 spiro atoms. The Morgan fingerprint density at radius 1 is 1.00 bits per heavy atom. The highest BCUT2D eigenvalue weighted by molar-refractivity contribution is 9.10. The highest BCUT2D eigenvalue weighted by Gasteiger charge is 2.22. The van der Waals surface area contributed by atoms with Gasteiger partial charge in [-0.25, -0.2) is 4.98 Å². The van der Waals surface area contributed by atoms with Gasteiger partial charge in [-0.2, -0.15) is 4.98 Å². The van der Waals surface area contributed by atoms with Crippen LogP contribution < -0.4 is 15.5 Å². The Hall–Kier alpha value is -2.18. The molecule has 0 aliphatic heterocycles. The monoisotopic (exact) mass is 467 g/mol. The third kappa shape index (κ3) is 4.93. The van der Waals surface area contributed by atoms with E-state index in [1.54, 1.807) is 0 Å². The van der Waals surface area contributed by atoms with Crippen LogP contribution in [0.5, 0.6) is 0 Å². The van der Waals surface area contributed by atoms with Crippen LogP contribution in [0, 0.1) is 6.92 Å². The molecule has 3 aromatic rings. The second-order valence-corrected chi connectivity index (χ2v) is 9.29. The quantitative estimate of drug-likeness (QED) is 0.516. The number of benzene rings is 2. The maximum atomic E-state index is 4.79. The van der Waals surface area contributed by atoms with Gasteiger partial charge in [0.1, 0.15) is 5.82 Å². The third-order valence-electron chi connectivity index (χ3n) is 5.88. The van der Waals surface area contributed by atoms with Crippen molar-refractivity contribution in [1.29, 1.82) is 0 Å². The summed E-state index contributed by atoms with van der Waals surface area (Å²) in [7, 11) is 4.06. The van der Waals surface area contributed by atoms with E-state index in [1.165, 1.54) is 28.4 Å². The minimum atomic E-state index is 0.425. The van der Waals surface area contributed by atoms with Gasteiger partial charge in [-0.1, -0.05) is 40.2 Å². The van der Waals surface area contributed by atoms with Gasteiger partial charge in [0.15, 0.2) is 0 Å². The predicted octanol–water partition coefficient (Wildman–Crippen LogP) is 5.28. The number of anilines is 2.